The van der Waals surface area contributed by atoms with Gasteiger partial charge in [0.2, 0.25) is 0 Å². The number of rotatable bonds is 9. The highest BCUT2D eigenvalue weighted by molar-refractivity contribution is 5.19. The molecule has 0 aliphatic rings. The summed E-state index contributed by atoms with van der Waals surface area (Å²) in [5, 5.41) is 7.31. The molecule has 22 heavy (non-hydrogen) atoms. The van der Waals surface area contributed by atoms with Crippen LogP contribution in [0.1, 0.15) is 49.9 Å². The van der Waals surface area contributed by atoms with Crippen LogP contribution in [-0.2, 0) is 0 Å². The van der Waals surface area contributed by atoms with E-state index in [1.807, 2.05) is 0 Å². The molecule has 2 heteroatoms. The van der Waals surface area contributed by atoms with Gasteiger partial charge in [0.25, 0.3) is 0 Å². The van der Waals surface area contributed by atoms with Crippen LogP contribution in [0.25, 0.3) is 0 Å². The molecule has 0 aromatic heterocycles. The van der Waals surface area contributed by atoms with E-state index in [9.17, 15) is 0 Å². The summed E-state index contributed by atoms with van der Waals surface area (Å²) in [7, 11) is 0. The van der Waals surface area contributed by atoms with E-state index in [2.05, 4.69) is 85.1 Å². The molecule has 2 unspecified atom stereocenters. The van der Waals surface area contributed by atoms with Gasteiger partial charge in [0.1, 0.15) is 0 Å². The zero-order valence-corrected chi connectivity index (χ0v) is 13.8. The molecule has 0 aliphatic carbocycles. The van der Waals surface area contributed by atoms with Crippen molar-refractivity contribution in [2.24, 2.45) is 0 Å². The minimum atomic E-state index is 0.444. The third-order valence-electron chi connectivity index (χ3n) is 4.13. The smallest absolute Gasteiger partial charge is 0.0318 e. The lowest BCUT2D eigenvalue weighted by atomic mass is 10.0. The predicted octanol–water partition coefficient (Wildman–Crippen LogP) is 4.47. The maximum absolute atomic E-state index is 3.65. The van der Waals surface area contributed by atoms with E-state index in [0.29, 0.717) is 12.1 Å². The van der Waals surface area contributed by atoms with Crippen LogP contribution in [0.3, 0.4) is 0 Å². The van der Waals surface area contributed by atoms with Gasteiger partial charge < -0.3 is 10.6 Å². The summed E-state index contributed by atoms with van der Waals surface area (Å²) >= 11 is 0. The molecule has 2 rings (SSSR count). The standard InChI is InChI=1S/C20H28N2/c1-3-19(17-11-7-5-8-12-17)21-15-16-22-20(4-2)18-13-9-6-10-14-18/h5-14,19-22H,3-4,15-16H2,1-2H3. The van der Waals surface area contributed by atoms with Gasteiger partial charge in [-0.15, -0.1) is 0 Å². The van der Waals surface area contributed by atoms with Crippen LogP contribution in [-0.4, -0.2) is 13.1 Å². The average molecular weight is 296 g/mol. The first-order valence-electron chi connectivity index (χ1n) is 8.41. The van der Waals surface area contributed by atoms with Crippen LogP contribution in [0.5, 0.6) is 0 Å². The van der Waals surface area contributed by atoms with Gasteiger partial charge in [-0.05, 0) is 24.0 Å². The van der Waals surface area contributed by atoms with Gasteiger partial charge in [-0.3, -0.25) is 0 Å². The normalized spacial score (nSPS) is 13.7. The van der Waals surface area contributed by atoms with Crippen molar-refractivity contribution in [2.45, 2.75) is 38.8 Å². The number of benzene rings is 2. The zero-order chi connectivity index (χ0) is 15.6. The minimum Gasteiger partial charge on any atom is -0.309 e. The highest BCUT2D eigenvalue weighted by atomic mass is 15.0. The molecule has 2 aromatic rings. The molecule has 0 saturated heterocycles. The number of hydrogen-bond donors (Lipinski definition) is 2. The van der Waals surface area contributed by atoms with Gasteiger partial charge in [-0.2, -0.15) is 0 Å². The van der Waals surface area contributed by atoms with Crippen LogP contribution in [0, 0.1) is 0 Å². The summed E-state index contributed by atoms with van der Waals surface area (Å²) in [5.41, 5.74) is 2.75. The molecule has 0 bridgehead atoms. The summed E-state index contributed by atoms with van der Waals surface area (Å²) in [4.78, 5) is 0. The van der Waals surface area contributed by atoms with E-state index >= 15 is 0 Å². The summed E-state index contributed by atoms with van der Waals surface area (Å²) in [6, 6.07) is 22.3. The van der Waals surface area contributed by atoms with Gasteiger partial charge >= 0.3 is 0 Å². The van der Waals surface area contributed by atoms with Gasteiger partial charge in [-0.1, -0.05) is 74.5 Å². The van der Waals surface area contributed by atoms with E-state index in [4.69, 9.17) is 0 Å². The van der Waals surface area contributed by atoms with Gasteiger partial charge in [0, 0.05) is 25.2 Å². The van der Waals surface area contributed by atoms with Crippen molar-refractivity contribution in [2.75, 3.05) is 13.1 Å². The summed E-state index contributed by atoms with van der Waals surface area (Å²) in [5.74, 6) is 0. The quantitative estimate of drug-likeness (QED) is 0.667. The van der Waals surface area contributed by atoms with Crippen molar-refractivity contribution in [3.63, 3.8) is 0 Å². The highest BCUT2D eigenvalue weighted by Crippen LogP contribution is 2.16. The Bertz CT molecular complexity index is 460. The fourth-order valence-corrected chi connectivity index (χ4v) is 2.86. The third-order valence-corrected chi connectivity index (χ3v) is 4.13. The molecular weight excluding hydrogens is 268 g/mol. The Morgan fingerprint density at radius 3 is 1.32 bits per heavy atom. The zero-order valence-electron chi connectivity index (χ0n) is 13.8. The molecule has 0 heterocycles. The minimum absolute atomic E-state index is 0.444. The van der Waals surface area contributed by atoms with Gasteiger partial charge in [0.05, 0.1) is 0 Å². The fourth-order valence-electron chi connectivity index (χ4n) is 2.86. The molecule has 2 aromatic carbocycles. The molecule has 2 N–H and O–H groups in total. The molecule has 0 aliphatic heterocycles. The Hall–Kier alpha value is -1.64. The van der Waals surface area contributed by atoms with Crippen molar-refractivity contribution < 1.29 is 0 Å². The first kappa shape index (κ1) is 16.7. The molecule has 118 valence electrons. The average Bonchev–Trinajstić information content (AvgIpc) is 2.60. The topological polar surface area (TPSA) is 24.1 Å². The summed E-state index contributed by atoms with van der Waals surface area (Å²) in [6.07, 6.45) is 2.22. The molecule has 2 atom stereocenters. The Morgan fingerprint density at radius 2 is 1.00 bits per heavy atom. The predicted molar refractivity (Wildman–Crippen MR) is 95.0 cm³/mol. The van der Waals surface area contributed by atoms with Gasteiger partial charge in [-0.25, -0.2) is 0 Å². The maximum atomic E-state index is 3.65. The van der Waals surface area contributed by atoms with Crippen LogP contribution in [0.2, 0.25) is 0 Å². The van der Waals surface area contributed by atoms with Crippen molar-refractivity contribution in [3.05, 3.63) is 71.8 Å². The second-order valence-corrected chi connectivity index (χ2v) is 5.65. The Kier molecular flexibility index (Phi) is 7.14. The van der Waals surface area contributed by atoms with Gasteiger partial charge in [0.15, 0.2) is 0 Å². The Labute approximate surface area is 135 Å². The largest absolute Gasteiger partial charge is 0.309 e. The van der Waals surface area contributed by atoms with Crippen LogP contribution >= 0.6 is 0 Å². The van der Waals surface area contributed by atoms with Crippen LogP contribution in [0.4, 0.5) is 0 Å². The van der Waals surface area contributed by atoms with Crippen LogP contribution in [0.15, 0.2) is 60.7 Å². The molecule has 0 fully saturated rings. The summed E-state index contributed by atoms with van der Waals surface area (Å²) < 4.78 is 0. The highest BCUT2D eigenvalue weighted by Gasteiger charge is 2.09. The number of hydrogen-bond acceptors (Lipinski definition) is 2. The van der Waals surface area contributed by atoms with Crippen molar-refractivity contribution in [1.29, 1.82) is 0 Å². The van der Waals surface area contributed by atoms with E-state index in [1.165, 1.54) is 11.1 Å². The van der Waals surface area contributed by atoms with Crippen molar-refractivity contribution >= 4 is 0 Å². The second-order valence-electron chi connectivity index (χ2n) is 5.65. The lowest BCUT2D eigenvalue weighted by molar-refractivity contribution is 0.467. The second kappa shape index (κ2) is 9.39. The number of nitrogens with one attached hydrogen (secondary N) is 2. The van der Waals surface area contributed by atoms with E-state index in [-0.39, 0.29) is 0 Å². The maximum Gasteiger partial charge on any atom is 0.0318 e. The molecule has 0 radical (unpaired) electrons. The Balaban J connectivity index is 1.78. The first-order valence-corrected chi connectivity index (χ1v) is 8.41. The fraction of sp³-hybridized carbons (Fsp3) is 0.400. The van der Waals surface area contributed by atoms with Crippen LogP contribution < -0.4 is 10.6 Å². The first-order chi connectivity index (χ1) is 10.8. The SMILES string of the molecule is CCC(NCCNC(CC)c1ccccc1)c1ccccc1. The molecular formula is C20H28N2. The molecule has 0 amide bonds. The molecule has 2 nitrogen and oxygen atoms in total. The third kappa shape index (κ3) is 4.97. The van der Waals surface area contributed by atoms with Crippen molar-refractivity contribution in [1.82, 2.24) is 10.6 Å². The van der Waals surface area contributed by atoms with Crippen molar-refractivity contribution in [3.8, 4) is 0 Å². The summed E-state index contributed by atoms with van der Waals surface area (Å²) in [6.45, 7) is 6.43. The Morgan fingerprint density at radius 1 is 0.636 bits per heavy atom. The lowest BCUT2D eigenvalue weighted by Crippen LogP contribution is -2.32. The molecule has 0 saturated carbocycles. The van der Waals surface area contributed by atoms with E-state index in [1.54, 1.807) is 0 Å². The molecule has 0 spiro atoms. The van der Waals surface area contributed by atoms with E-state index in [0.717, 1.165) is 25.9 Å². The van der Waals surface area contributed by atoms with E-state index < -0.39 is 0 Å². The monoisotopic (exact) mass is 296 g/mol. The lowest BCUT2D eigenvalue weighted by Gasteiger charge is -2.20.